The average Bonchev–Trinajstić information content (AvgIpc) is 3.28. The van der Waals surface area contributed by atoms with E-state index in [0.717, 1.165) is 33.5 Å². The first kappa shape index (κ1) is 22.7. The molecule has 0 aliphatic heterocycles. The molecule has 5 rings (SSSR count). The number of rotatable bonds is 7. The van der Waals surface area contributed by atoms with Gasteiger partial charge in [-0.25, -0.2) is 0 Å². The van der Waals surface area contributed by atoms with Crippen LogP contribution < -0.4 is 9.64 Å². The molecule has 0 aliphatic carbocycles. The second-order valence-electron chi connectivity index (χ2n) is 7.95. The van der Waals surface area contributed by atoms with Gasteiger partial charge in [-0.15, -0.1) is 10.2 Å². The number of fused-ring (bicyclic) bond motifs is 1. The van der Waals surface area contributed by atoms with Gasteiger partial charge >= 0.3 is 0 Å². The van der Waals surface area contributed by atoms with E-state index in [9.17, 15) is 4.79 Å². The lowest BCUT2D eigenvalue weighted by molar-refractivity contribution is -0.115. The lowest BCUT2D eigenvalue weighted by Crippen LogP contribution is -2.27. The third kappa shape index (κ3) is 4.63. The van der Waals surface area contributed by atoms with E-state index in [0.29, 0.717) is 11.0 Å². The fourth-order valence-corrected chi connectivity index (χ4v) is 4.79. The normalized spacial score (nSPS) is 10.9. The molecule has 4 aromatic carbocycles. The monoisotopic (exact) mass is 480 g/mol. The van der Waals surface area contributed by atoms with Gasteiger partial charge in [0.15, 0.2) is 11.0 Å². The lowest BCUT2D eigenvalue weighted by atomic mass is 10.1. The van der Waals surface area contributed by atoms with Crippen LogP contribution in [0.1, 0.15) is 0 Å². The molecule has 0 N–H and O–H groups in total. The molecule has 1 amide bonds. The summed E-state index contributed by atoms with van der Waals surface area (Å²) in [5, 5.41) is 11.6. The van der Waals surface area contributed by atoms with Crippen LogP contribution in [-0.2, 0) is 11.8 Å². The number of aromatic nitrogens is 3. The Hall–Kier alpha value is -4.10. The highest BCUT2D eigenvalue weighted by atomic mass is 32.2. The first-order chi connectivity index (χ1) is 17.2. The highest BCUT2D eigenvalue weighted by molar-refractivity contribution is 7.99. The number of nitrogens with zero attached hydrogens (tertiary/aromatic N) is 4. The Kier molecular flexibility index (Phi) is 6.50. The number of hydrogen-bond donors (Lipinski definition) is 0. The zero-order valence-electron chi connectivity index (χ0n) is 19.5. The van der Waals surface area contributed by atoms with E-state index in [1.165, 1.54) is 11.8 Å². The molecule has 0 bridgehead atoms. The van der Waals surface area contributed by atoms with Crippen molar-refractivity contribution in [2.24, 2.45) is 7.05 Å². The maximum Gasteiger partial charge on any atom is 0.242 e. The summed E-state index contributed by atoms with van der Waals surface area (Å²) in [6, 6.07) is 31.6. The molecule has 35 heavy (non-hydrogen) atoms. The number of anilines is 2. The molecule has 0 aliphatic rings. The number of thioether (sulfide) groups is 1. The Morgan fingerprint density at radius 3 is 2.37 bits per heavy atom. The van der Waals surface area contributed by atoms with Crippen molar-refractivity contribution in [2.45, 2.75) is 5.16 Å². The van der Waals surface area contributed by atoms with Gasteiger partial charge in [-0.1, -0.05) is 72.4 Å². The van der Waals surface area contributed by atoms with Crippen LogP contribution >= 0.6 is 11.8 Å². The molecular weight excluding hydrogens is 456 g/mol. The Morgan fingerprint density at radius 2 is 1.57 bits per heavy atom. The van der Waals surface area contributed by atoms with Crippen molar-refractivity contribution in [3.63, 3.8) is 0 Å². The van der Waals surface area contributed by atoms with Crippen LogP contribution in [-0.4, -0.2) is 33.5 Å². The minimum atomic E-state index is -0.0432. The van der Waals surface area contributed by atoms with E-state index < -0.39 is 0 Å². The third-order valence-electron chi connectivity index (χ3n) is 5.76. The summed E-state index contributed by atoms with van der Waals surface area (Å²) in [5.74, 6) is 1.58. The molecule has 174 valence electrons. The summed E-state index contributed by atoms with van der Waals surface area (Å²) in [5.41, 5.74) is 2.50. The fourth-order valence-electron chi connectivity index (χ4n) is 4.03. The topological polar surface area (TPSA) is 60.3 Å². The first-order valence-electron chi connectivity index (χ1n) is 11.2. The number of carbonyl (C=O) groups is 1. The first-order valence-corrected chi connectivity index (χ1v) is 12.2. The number of amides is 1. The number of para-hydroxylation sites is 2. The van der Waals surface area contributed by atoms with Crippen LogP contribution in [0, 0.1) is 0 Å². The van der Waals surface area contributed by atoms with Crippen LogP contribution in [0.5, 0.6) is 5.75 Å². The second-order valence-corrected chi connectivity index (χ2v) is 8.89. The van der Waals surface area contributed by atoms with Crippen molar-refractivity contribution in [1.82, 2.24) is 14.8 Å². The molecule has 0 saturated carbocycles. The smallest absolute Gasteiger partial charge is 0.242 e. The van der Waals surface area contributed by atoms with Gasteiger partial charge in [0, 0.05) is 18.4 Å². The molecule has 6 nitrogen and oxygen atoms in total. The SMILES string of the molecule is COc1ccccc1-c1nnc(SCC(=O)N(c2ccccc2)c2ccc3ccccc3c2)n1C. The maximum atomic E-state index is 13.6. The Bertz CT molecular complexity index is 1480. The summed E-state index contributed by atoms with van der Waals surface area (Å²) < 4.78 is 7.36. The van der Waals surface area contributed by atoms with Crippen molar-refractivity contribution in [2.75, 3.05) is 17.8 Å². The minimum Gasteiger partial charge on any atom is -0.496 e. The van der Waals surface area contributed by atoms with E-state index >= 15 is 0 Å². The second kappa shape index (κ2) is 10.0. The molecule has 0 radical (unpaired) electrons. The van der Waals surface area contributed by atoms with Crippen LogP contribution in [0.3, 0.4) is 0 Å². The largest absolute Gasteiger partial charge is 0.496 e. The molecule has 1 aromatic heterocycles. The number of ether oxygens (including phenoxy) is 1. The van der Waals surface area contributed by atoms with Gasteiger partial charge in [-0.3, -0.25) is 9.69 Å². The highest BCUT2D eigenvalue weighted by Gasteiger charge is 2.21. The quantitative estimate of drug-likeness (QED) is 0.263. The molecule has 5 aromatic rings. The van der Waals surface area contributed by atoms with E-state index in [-0.39, 0.29) is 11.7 Å². The summed E-state index contributed by atoms with van der Waals surface area (Å²) in [6.07, 6.45) is 0. The van der Waals surface area contributed by atoms with E-state index in [4.69, 9.17) is 4.74 Å². The standard InChI is InChI=1S/C28H24N4O2S/c1-31-27(24-14-8-9-15-25(24)34-2)29-30-28(31)35-19-26(33)32(22-12-4-3-5-13-22)23-17-16-20-10-6-7-11-21(20)18-23/h3-18H,19H2,1-2H3. The van der Waals surface area contributed by atoms with Crippen molar-refractivity contribution in [3.8, 4) is 17.1 Å². The van der Waals surface area contributed by atoms with Crippen LogP contribution in [0.2, 0.25) is 0 Å². The van der Waals surface area contributed by atoms with Crippen molar-refractivity contribution < 1.29 is 9.53 Å². The van der Waals surface area contributed by atoms with Gasteiger partial charge < -0.3 is 9.30 Å². The summed E-state index contributed by atoms with van der Waals surface area (Å²) in [7, 11) is 3.53. The minimum absolute atomic E-state index is 0.0432. The Labute approximate surface area is 208 Å². The number of carbonyl (C=O) groups excluding carboxylic acids is 1. The zero-order valence-corrected chi connectivity index (χ0v) is 20.3. The maximum absolute atomic E-state index is 13.6. The summed E-state index contributed by atoms with van der Waals surface area (Å²) in [6.45, 7) is 0. The van der Waals surface area contributed by atoms with E-state index in [2.05, 4.69) is 22.3 Å². The average molecular weight is 481 g/mol. The van der Waals surface area contributed by atoms with Crippen LogP contribution in [0.25, 0.3) is 22.2 Å². The van der Waals surface area contributed by atoms with Gasteiger partial charge in [-0.05, 0) is 47.2 Å². The molecule has 7 heteroatoms. The molecule has 0 spiro atoms. The Morgan fingerprint density at radius 1 is 0.857 bits per heavy atom. The van der Waals surface area contributed by atoms with Crippen LogP contribution in [0.15, 0.2) is 102 Å². The summed E-state index contributed by atoms with van der Waals surface area (Å²) in [4.78, 5) is 15.3. The van der Waals surface area contributed by atoms with Crippen molar-refractivity contribution in [1.29, 1.82) is 0 Å². The molecule has 1 heterocycles. The van der Waals surface area contributed by atoms with Crippen molar-refractivity contribution in [3.05, 3.63) is 97.1 Å². The van der Waals surface area contributed by atoms with Crippen molar-refractivity contribution >= 4 is 39.8 Å². The Balaban J connectivity index is 1.42. The number of benzene rings is 4. The van der Waals surface area contributed by atoms with Gasteiger partial charge in [0.2, 0.25) is 5.91 Å². The number of hydrogen-bond acceptors (Lipinski definition) is 5. The van der Waals surface area contributed by atoms with Gasteiger partial charge in [0.1, 0.15) is 5.75 Å². The predicted octanol–water partition coefficient (Wildman–Crippen LogP) is 6.10. The highest BCUT2D eigenvalue weighted by Crippen LogP contribution is 2.32. The van der Waals surface area contributed by atoms with E-state index in [1.807, 2.05) is 96.5 Å². The fraction of sp³-hybridized carbons (Fsp3) is 0.107. The molecular formula is C28H24N4O2S. The third-order valence-corrected chi connectivity index (χ3v) is 6.77. The lowest BCUT2D eigenvalue weighted by Gasteiger charge is -2.23. The van der Waals surface area contributed by atoms with E-state index in [1.54, 1.807) is 12.0 Å². The van der Waals surface area contributed by atoms with Gasteiger partial charge in [0.25, 0.3) is 0 Å². The zero-order chi connectivity index (χ0) is 24.2. The summed E-state index contributed by atoms with van der Waals surface area (Å²) >= 11 is 1.36. The van der Waals surface area contributed by atoms with Gasteiger partial charge in [-0.2, -0.15) is 0 Å². The number of methoxy groups -OCH3 is 1. The van der Waals surface area contributed by atoms with Gasteiger partial charge in [0.05, 0.1) is 18.4 Å². The predicted molar refractivity (Wildman–Crippen MR) is 141 cm³/mol. The van der Waals surface area contributed by atoms with Crippen LogP contribution in [0.4, 0.5) is 11.4 Å². The molecule has 0 saturated heterocycles. The molecule has 0 unspecified atom stereocenters. The molecule has 0 fully saturated rings. The molecule has 0 atom stereocenters.